The molecular formula is C18H14ClF3N6O3. The lowest BCUT2D eigenvalue weighted by Gasteiger charge is -2.12. The number of hydrogen-bond donors (Lipinski definition) is 2. The summed E-state index contributed by atoms with van der Waals surface area (Å²) < 4.78 is 39.8. The van der Waals surface area contributed by atoms with Gasteiger partial charge in [-0.3, -0.25) is 14.9 Å². The van der Waals surface area contributed by atoms with Gasteiger partial charge in [-0.1, -0.05) is 11.6 Å². The van der Waals surface area contributed by atoms with Crippen LogP contribution < -0.4 is 10.6 Å². The van der Waals surface area contributed by atoms with E-state index in [9.17, 15) is 28.1 Å². The van der Waals surface area contributed by atoms with E-state index in [2.05, 4.69) is 20.7 Å². The number of halogens is 4. The van der Waals surface area contributed by atoms with Gasteiger partial charge in [0.15, 0.2) is 0 Å². The lowest BCUT2D eigenvalue weighted by molar-refractivity contribution is -0.384. The van der Waals surface area contributed by atoms with Crippen molar-refractivity contribution in [2.45, 2.75) is 12.6 Å². The first-order valence-corrected chi connectivity index (χ1v) is 9.07. The molecule has 0 aliphatic carbocycles. The normalized spacial score (nSPS) is 11.2. The van der Waals surface area contributed by atoms with E-state index in [-0.39, 0.29) is 18.7 Å². The minimum absolute atomic E-state index is 0.0583. The summed E-state index contributed by atoms with van der Waals surface area (Å²) in [5.74, 6) is -0.453. The number of nitrogens with zero attached hydrogens (tertiary/aromatic N) is 4. The first-order valence-electron chi connectivity index (χ1n) is 8.69. The number of alkyl halides is 3. The van der Waals surface area contributed by atoms with Crippen LogP contribution in [0.15, 0.2) is 49.1 Å². The molecule has 0 aliphatic rings. The van der Waals surface area contributed by atoms with Crippen LogP contribution in [0, 0.1) is 10.1 Å². The maximum Gasteiger partial charge on any atom is 0.416 e. The quantitative estimate of drug-likeness (QED) is 0.406. The number of anilines is 2. The molecule has 3 aromatic rings. The molecule has 2 N–H and O–H groups in total. The fourth-order valence-corrected chi connectivity index (χ4v) is 2.84. The van der Waals surface area contributed by atoms with Gasteiger partial charge in [0.2, 0.25) is 5.91 Å². The number of hydrogen-bond acceptors (Lipinski definition) is 6. The average molecular weight is 455 g/mol. The van der Waals surface area contributed by atoms with Crippen molar-refractivity contribution >= 4 is 34.6 Å². The molecule has 1 aromatic heterocycles. The largest absolute Gasteiger partial charge is 0.416 e. The van der Waals surface area contributed by atoms with Crippen LogP contribution >= 0.6 is 11.6 Å². The lowest BCUT2D eigenvalue weighted by atomic mass is 10.1. The maximum atomic E-state index is 12.8. The second-order valence-corrected chi connectivity index (χ2v) is 6.65. The molecule has 3 rings (SSSR count). The number of carbonyl (C=O) groups excluding carboxylic acids is 1. The van der Waals surface area contributed by atoms with Gasteiger partial charge in [0.05, 0.1) is 21.9 Å². The van der Waals surface area contributed by atoms with E-state index in [0.717, 1.165) is 12.1 Å². The van der Waals surface area contributed by atoms with Crippen molar-refractivity contribution in [3.05, 3.63) is 69.8 Å². The van der Waals surface area contributed by atoms with Gasteiger partial charge >= 0.3 is 6.18 Å². The zero-order valence-electron chi connectivity index (χ0n) is 15.6. The van der Waals surface area contributed by atoms with Gasteiger partial charge in [0.1, 0.15) is 18.3 Å². The van der Waals surface area contributed by atoms with Crippen LogP contribution in [0.4, 0.5) is 30.2 Å². The first kappa shape index (κ1) is 22.0. The summed E-state index contributed by atoms with van der Waals surface area (Å²) in [6, 6.07) is 6.89. The molecule has 0 aliphatic heterocycles. The molecule has 0 spiro atoms. The monoisotopic (exact) mass is 454 g/mol. The number of nitro benzene ring substituents is 1. The standard InChI is InChI=1S/C18H14ClF3N6O3/c19-12-2-4-15(27-10-23-9-25-27)14(8-12)26-17(29)5-6-24-13-3-1-11(18(20,21)22)7-16(13)28(30)31/h1-4,7-10,24H,5-6H2,(H,26,29). The number of nitro groups is 1. The number of amides is 1. The lowest BCUT2D eigenvalue weighted by Crippen LogP contribution is -2.18. The van der Waals surface area contributed by atoms with Crippen molar-refractivity contribution in [3.63, 3.8) is 0 Å². The molecule has 0 saturated heterocycles. The zero-order valence-corrected chi connectivity index (χ0v) is 16.3. The molecule has 0 unspecified atom stereocenters. The van der Waals surface area contributed by atoms with E-state index >= 15 is 0 Å². The number of nitrogens with one attached hydrogen (secondary N) is 2. The van der Waals surface area contributed by atoms with E-state index < -0.39 is 28.3 Å². The fraction of sp³-hybridized carbons (Fsp3) is 0.167. The van der Waals surface area contributed by atoms with Crippen LogP contribution in [-0.4, -0.2) is 32.1 Å². The predicted molar refractivity (Wildman–Crippen MR) is 106 cm³/mol. The van der Waals surface area contributed by atoms with Gasteiger partial charge < -0.3 is 10.6 Å². The molecule has 1 amide bonds. The van der Waals surface area contributed by atoms with E-state index in [1.165, 1.54) is 23.4 Å². The van der Waals surface area contributed by atoms with Crippen LogP contribution in [0.1, 0.15) is 12.0 Å². The summed E-state index contributed by atoms with van der Waals surface area (Å²) in [7, 11) is 0. The summed E-state index contributed by atoms with van der Waals surface area (Å²) in [4.78, 5) is 26.3. The molecular weight excluding hydrogens is 441 g/mol. The molecule has 0 fully saturated rings. The van der Waals surface area contributed by atoms with Crippen molar-refractivity contribution in [3.8, 4) is 5.69 Å². The van der Waals surface area contributed by atoms with Crippen LogP contribution in [0.5, 0.6) is 0 Å². The highest BCUT2D eigenvalue weighted by atomic mass is 35.5. The second kappa shape index (κ2) is 9.00. The van der Waals surface area contributed by atoms with Gasteiger partial charge in [-0.25, -0.2) is 9.67 Å². The molecule has 0 bridgehead atoms. The van der Waals surface area contributed by atoms with Crippen molar-refractivity contribution in [2.24, 2.45) is 0 Å². The summed E-state index contributed by atoms with van der Waals surface area (Å²) in [6.45, 7) is -0.0583. The number of carbonyl (C=O) groups is 1. The average Bonchev–Trinajstić information content (AvgIpc) is 3.22. The third kappa shape index (κ3) is 5.48. The molecule has 0 saturated carbocycles. The zero-order chi connectivity index (χ0) is 22.6. The first-order chi connectivity index (χ1) is 14.6. The summed E-state index contributed by atoms with van der Waals surface area (Å²) in [5, 5.41) is 20.8. The highest BCUT2D eigenvalue weighted by Crippen LogP contribution is 2.35. The Kier molecular flexibility index (Phi) is 6.39. The van der Waals surface area contributed by atoms with Gasteiger partial charge in [-0.15, -0.1) is 0 Å². The highest BCUT2D eigenvalue weighted by molar-refractivity contribution is 6.31. The summed E-state index contributed by atoms with van der Waals surface area (Å²) >= 11 is 5.99. The third-order valence-corrected chi connectivity index (χ3v) is 4.32. The van der Waals surface area contributed by atoms with E-state index in [0.29, 0.717) is 22.5 Å². The Labute approximate surface area is 178 Å². The minimum Gasteiger partial charge on any atom is -0.379 e. The Hall–Kier alpha value is -3.67. The van der Waals surface area contributed by atoms with Crippen molar-refractivity contribution in [2.75, 3.05) is 17.2 Å². The van der Waals surface area contributed by atoms with Gasteiger partial charge in [0, 0.05) is 24.1 Å². The number of aromatic nitrogens is 3. The predicted octanol–water partition coefficient (Wildman–Crippen LogP) is 4.29. The van der Waals surface area contributed by atoms with E-state index in [1.54, 1.807) is 12.1 Å². The second-order valence-electron chi connectivity index (χ2n) is 6.21. The Morgan fingerprint density at radius 3 is 2.61 bits per heavy atom. The molecule has 0 atom stereocenters. The Morgan fingerprint density at radius 1 is 1.19 bits per heavy atom. The van der Waals surface area contributed by atoms with Crippen LogP contribution in [-0.2, 0) is 11.0 Å². The van der Waals surface area contributed by atoms with Crippen LogP contribution in [0.25, 0.3) is 5.69 Å². The van der Waals surface area contributed by atoms with Crippen LogP contribution in [0.3, 0.4) is 0 Å². The molecule has 1 heterocycles. The molecule has 13 heteroatoms. The molecule has 0 radical (unpaired) electrons. The smallest absolute Gasteiger partial charge is 0.379 e. The maximum absolute atomic E-state index is 12.8. The molecule has 31 heavy (non-hydrogen) atoms. The SMILES string of the molecule is O=C(CCNc1ccc(C(F)(F)F)cc1[N+](=O)[O-])Nc1cc(Cl)ccc1-n1cncn1. The summed E-state index contributed by atoms with van der Waals surface area (Å²) in [6.07, 6.45) is -2.07. The topological polar surface area (TPSA) is 115 Å². The third-order valence-electron chi connectivity index (χ3n) is 4.09. The van der Waals surface area contributed by atoms with Crippen LogP contribution in [0.2, 0.25) is 5.02 Å². The van der Waals surface area contributed by atoms with Gasteiger partial charge in [0.25, 0.3) is 5.69 Å². The molecule has 9 nitrogen and oxygen atoms in total. The van der Waals surface area contributed by atoms with Gasteiger partial charge in [-0.2, -0.15) is 18.3 Å². The fourth-order valence-electron chi connectivity index (χ4n) is 2.67. The summed E-state index contributed by atoms with van der Waals surface area (Å²) in [5.41, 5.74) is -1.12. The van der Waals surface area contributed by atoms with Crippen molar-refractivity contribution in [1.82, 2.24) is 14.8 Å². The van der Waals surface area contributed by atoms with Crippen molar-refractivity contribution < 1.29 is 22.9 Å². The highest BCUT2D eigenvalue weighted by Gasteiger charge is 2.33. The Balaban J connectivity index is 1.67. The van der Waals surface area contributed by atoms with Gasteiger partial charge in [-0.05, 0) is 30.3 Å². The minimum atomic E-state index is -4.71. The number of benzene rings is 2. The molecule has 2 aromatic carbocycles. The van der Waals surface area contributed by atoms with E-state index in [1.807, 2.05) is 0 Å². The van der Waals surface area contributed by atoms with E-state index in [4.69, 9.17) is 11.6 Å². The Morgan fingerprint density at radius 2 is 1.97 bits per heavy atom. The van der Waals surface area contributed by atoms with Crippen molar-refractivity contribution in [1.29, 1.82) is 0 Å². The molecule has 162 valence electrons. The number of rotatable bonds is 7. The Bertz CT molecular complexity index is 1110.